The van der Waals surface area contributed by atoms with Crippen molar-refractivity contribution < 1.29 is 0 Å². The molecular formula is C23H50ClN. The maximum atomic E-state index is 7.11. The number of alkyl halides is 1. The molecule has 0 fully saturated rings. The van der Waals surface area contributed by atoms with Crippen molar-refractivity contribution in [2.75, 3.05) is 0 Å². The van der Waals surface area contributed by atoms with E-state index in [9.17, 15) is 0 Å². The normalized spacial score (nSPS) is 11.5. The summed E-state index contributed by atoms with van der Waals surface area (Å²) in [5.41, 5.74) is 0. The van der Waals surface area contributed by atoms with E-state index in [1.807, 2.05) is 0 Å². The smallest absolute Gasteiger partial charge is 0.0446 e. The minimum Gasteiger partial charge on any atom is -0.344 e. The van der Waals surface area contributed by atoms with Gasteiger partial charge in [0, 0.05) is 4.87 Å². The summed E-state index contributed by atoms with van der Waals surface area (Å²) >= 11 is 7.11. The Kier molecular flexibility index (Phi) is 22.6. The van der Waals surface area contributed by atoms with Gasteiger partial charge in [0.2, 0.25) is 0 Å². The van der Waals surface area contributed by atoms with Crippen molar-refractivity contribution in [1.29, 1.82) is 0 Å². The zero-order valence-corrected chi connectivity index (χ0v) is 18.8. The van der Waals surface area contributed by atoms with Crippen LogP contribution in [0.25, 0.3) is 0 Å². The van der Waals surface area contributed by atoms with Crippen LogP contribution in [0, 0.1) is 0 Å². The van der Waals surface area contributed by atoms with Crippen LogP contribution in [0.5, 0.6) is 0 Å². The third-order valence-corrected chi connectivity index (χ3v) is 6.00. The van der Waals surface area contributed by atoms with Crippen molar-refractivity contribution >= 4 is 11.6 Å². The van der Waals surface area contributed by atoms with E-state index < -0.39 is 0 Å². The van der Waals surface area contributed by atoms with Crippen LogP contribution < -0.4 is 6.15 Å². The third-order valence-electron chi connectivity index (χ3n) is 5.44. The second kappa shape index (κ2) is 20.6. The third kappa shape index (κ3) is 18.8. The Balaban J connectivity index is 0. The minimum absolute atomic E-state index is 0. The van der Waals surface area contributed by atoms with Crippen LogP contribution in [-0.4, -0.2) is 4.87 Å². The van der Waals surface area contributed by atoms with Crippen LogP contribution in [-0.2, 0) is 0 Å². The van der Waals surface area contributed by atoms with Gasteiger partial charge in [0.25, 0.3) is 0 Å². The van der Waals surface area contributed by atoms with Crippen molar-refractivity contribution in [3.05, 3.63) is 0 Å². The Hall–Kier alpha value is 0.250. The molecule has 0 unspecified atom stereocenters. The van der Waals surface area contributed by atoms with E-state index in [2.05, 4.69) is 20.8 Å². The lowest BCUT2D eigenvalue weighted by atomic mass is 9.88. The average molecular weight is 376 g/mol. The molecular weight excluding hydrogens is 326 g/mol. The first-order valence-electron chi connectivity index (χ1n) is 11.4. The number of halogens is 1. The van der Waals surface area contributed by atoms with Gasteiger partial charge in [-0.15, -0.1) is 11.6 Å². The van der Waals surface area contributed by atoms with Crippen LogP contribution in [0.4, 0.5) is 0 Å². The highest BCUT2D eigenvalue weighted by molar-refractivity contribution is 6.23. The Morgan fingerprint density at radius 3 is 0.960 bits per heavy atom. The highest BCUT2D eigenvalue weighted by atomic mass is 35.5. The van der Waals surface area contributed by atoms with Gasteiger partial charge in [-0.1, -0.05) is 124 Å². The molecule has 0 amide bonds. The fourth-order valence-electron chi connectivity index (χ4n) is 3.69. The Morgan fingerprint density at radius 1 is 0.440 bits per heavy atom. The van der Waals surface area contributed by atoms with E-state index in [0.717, 1.165) is 0 Å². The summed E-state index contributed by atoms with van der Waals surface area (Å²) in [5, 5.41) is 0. The van der Waals surface area contributed by atoms with Crippen LogP contribution in [0.1, 0.15) is 143 Å². The molecule has 0 saturated heterocycles. The first kappa shape index (κ1) is 27.5. The summed E-state index contributed by atoms with van der Waals surface area (Å²) in [6, 6.07) is 0. The van der Waals surface area contributed by atoms with Gasteiger partial charge in [-0.2, -0.15) is 0 Å². The molecule has 0 atom stereocenters. The predicted molar refractivity (Wildman–Crippen MR) is 118 cm³/mol. The van der Waals surface area contributed by atoms with Gasteiger partial charge in [-0.3, -0.25) is 0 Å². The quantitative estimate of drug-likeness (QED) is 0.177. The molecule has 0 aromatic carbocycles. The molecule has 0 bridgehead atoms. The highest BCUT2D eigenvalue weighted by Crippen LogP contribution is 2.35. The van der Waals surface area contributed by atoms with Gasteiger partial charge in [-0.05, 0) is 19.3 Å². The number of hydrogen-bond acceptors (Lipinski definition) is 1. The van der Waals surface area contributed by atoms with Crippen LogP contribution >= 0.6 is 11.6 Å². The summed E-state index contributed by atoms with van der Waals surface area (Å²) in [6.45, 7) is 6.88. The predicted octanol–water partition coefficient (Wildman–Crippen LogP) is 9.60. The minimum atomic E-state index is 0. The molecule has 2 heteroatoms. The lowest BCUT2D eigenvalue weighted by Crippen LogP contribution is -2.21. The first-order valence-corrected chi connectivity index (χ1v) is 11.7. The van der Waals surface area contributed by atoms with E-state index in [0.29, 0.717) is 0 Å². The van der Waals surface area contributed by atoms with Crippen molar-refractivity contribution in [2.24, 2.45) is 0 Å². The SMILES string of the molecule is CCCCCCCCC(Cl)(CCCCCCC)CCCCCCC.N. The molecule has 0 aliphatic carbocycles. The van der Waals surface area contributed by atoms with Crippen molar-refractivity contribution in [3.8, 4) is 0 Å². The molecule has 0 rings (SSSR count). The van der Waals surface area contributed by atoms with Crippen LogP contribution in [0.3, 0.4) is 0 Å². The Bertz CT molecular complexity index is 228. The molecule has 0 aliphatic rings. The Labute approximate surface area is 165 Å². The molecule has 0 radical (unpaired) electrons. The van der Waals surface area contributed by atoms with Crippen molar-refractivity contribution in [1.82, 2.24) is 6.15 Å². The topological polar surface area (TPSA) is 35.0 Å². The zero-order valence-electron chi connectivity index (χ0n) is 18.0. The number of rotatable bonds is 19. The van der Waals surface area contributed by atoms with Gasteiger partial charge < -0.3 is 6.15 Å². The molecule has 0 saturated carbocycles. The first-order chi connectivity index (χ1) is 11.7. The van der Waals surface area contributed by atoms with Crippen LogP contribution in [0.2, 0.25) is 0 Å². The van der Waals surface area contributed by atoms with Gasteiger partial charge in [0.15, 0.2) is 0 Å². The maximum absolute atomic E-state index is 7.11. The van der Waals surface area contributed by atoms with Gasteiger partial charge in [0.05, 0.1) is 0 Å². The van der Waals surface area contributed by atoms with E-state index in [1.54, 1.807) is 0 Å². The van der Waals surface area contributed by atoms with Gasteiger partial charge in [-0.25, -0.2) is 0 Å². The van der Waals surface area contributed by atoms with E-state index >= 15 is 0 Å². The molecule has 154 valence electrons. The summed E-state index contributed by atoms with van der Waals surface area (Å²) < 4.78 is 0. The summed E-state index contributed by atoms with van der Waals surface area (Å²) in [7, 11) is 0. The second-order valence-corrected chi connectivity index (χ2v) is 8.80. The fraction of sp³-hybridized carbons (Fsp3) is 1.00. The standard InChI is InChI=1S/C23H47Cl.H3N/c1-4-7-10-13-16-19-22-23(24,20-17-14-11-8-5-2)21-18-15-12-9-6-3;/h4-22H2,1-3H3;1H3. The lowest BCUT2D eigenvalue weighted by Gasteiger charge is -2.27. The number of unbranched alkanes of at least 4 members (excludes halogenated alkanes) is 13. The molecule has 0 heterocycles. The van der Waals surface area contributed by atoms with Gasteiger partial charge in [0.1, 0.15) is 0 Å². The average Bonchev–Trinajstić information content (AvgIpc) is 2.58. The monoisotopic (exact) mass is 375 g/mol. The maximum Gasteiger partial charge on any atom is 0.0446 e. The van der Waals surface area contributed by atoms with Crippen LogP contribution in [0.15, 0.2) is 0 Å². The Morgan fingerprint density at radius 2 is 0.680 bits per heavy atom. The van der Waals surface area contributed by atoms with E-state index in [1.165, 1.54) is 122 Å². The van der Waals surface area contributed by atoms with E-state index in [4.69, 9.17) is 11.6 Å². The molecule has 0 aromatic rings. The highest BCUT2D eigenvalue weighted by Gasteiger charge is 2.25. The second-order valence-electron chi connectivity index (χ2n) is 8.00. The van der Waals surface area contributed by atoms with Gasteiger partial charge >= 0.3 is 0 Å². The molecule has 25 heavy (non-hydrogen) atoms. The van der Waals surface area contributed by atoms with E-state index in [-0.39, 0.29) is 11.0 Å². The lowest BCUT2D eigenvalue weighted by molar-refractivity contribution is 0.396. The molecule has 0 aliphatic heterocycles. The zero-order chi connectivity index (χ0) is 17.9. The van der Waals surface area contributed by atoms with Crippen molar-refractivity contribution in [3.63, 3.8) is 0 Å². The molecule has 0 spiro atoms. The summed E-state index contributed by atoms with van der Waals surface area (Å²) in [5.74, 6) is 0. The fourth-order valence-corrected chi connectivity index (χ4v) is 4.09. The molecule has 1 nitrogen and oxygen atoms in total. The molecule has 0 aromatic heterocycles. The largest absolute Gasteiger partial charge is 0.344 e. The van der Waals surface area contributed by atoms with Crippen molar-refractivity contribution in [2.45, 2.75) is 148 Å². The number of hydrogen-bond donors (Lipinski definition) is 1. The summed E-state index contributed by atoms with van der Waals surface area (Å²) in [4.78, 5) is 0.114. The molecule has 3 N–H and O–H groups in total. The summed E-state index contributed by atoms with van der Waals surface area (Å²) in [6.07, 6.45) is 25.8.